The van der Waals surface area contributed by atoms with E-state index in [4.69, 9.17) is 5.26 Å². The number of nitrogens with zero attached hydrogens (tertiary/aromatic N) is 3. The van der Waals surface area contributed by atoms with Crippen molar-refractivity contribution in [2.45, 2.75) is 32.9 Å². The van der Waals surface area contributed by atoms with Crippen molar-refractivity contribution in [2.75, 3.05) is 0 Å². The fraction of sp³-hybridized carbons (Fsp3) is 0.556. The Hall–Kier alpha value is -1.30. The van der Waals surface area contributed by atoms with Crippen LogP contribution in [0, 0.1) is 11.3 Å². The van der Waals surface area contributed by atoms with E-state index in [0.717, 1.165) is 19.5 Å². The molecular formula is C9H14N3+. The molecule has 0 spiro atoms. The van der Waals surface area contributed by atoms with Gasteiger partial charge >= 0.3 is 0 Å². The molecule has 64 valence electrons. The lowest BCUT2D eigenvalue weighted by atomic mass is 10.5. The van der Waals surface area contributed by atoms with Crippen LogP contribution >= 0.6 is 0 Å². The molecule has 0 bridgehead atoms. The maximum atomic E-state index is 8.37. The second-order valence-electron chi connectivity index (χ2n) is 2.80. The molecule has 1 heterocycles. The molecule has 0 atom stereocenters. The number of hydrogen-bond acceptors (Lipinski definition) is 1. The molecule has 0 amide bonds. The van der Waals surface area contributed by atoms with Crippen molar-refractivity contribution in [1.82, 2.24) is 4.57 Å². The molecule has 12 heavy (non-hydrogen) atoms. The lowest BCUT2D eigenvalue weighted by Gasteiger charge is -1.89. The first-order chi connectivity index (χ1) is 5.86. The third-order valence-electron chi connectivity index (χ3n) is 1.71. The Balaban J connectivity index is 2.47. The summed E-state index contributed by atoms with van der Waals surface area (Å²) in [5, 5.41) is 8.37. The van der Waals surface area contributed by atoms with Gasteiger partial charge in [-0.25, -0.2) is 9.13 Å². The van der Waals surface area contributed by atoms with E-state index in [-0.39, 0.29) is 0 Å². The van der Waals surface area contributed by atoms with E-state index in [2.05, 4.69) is 17.6 Å². The molecule has 0 unspecified atom stereocenters. The summed E-state index contributed by atoms with van der Waals surface area (Å²) in [6, 6.07) is 2.13. The average molecular weight is 164 g/mol. The summed E-state index contributed by atoms with van der Waals surface area (Å²) in [6.45, 7) is 4.01. The number of aromatic nitrogens is 2. The highest BCUT2D eigenvalue weighted by molar-refractivity contribution is 4.73. The van der Waals surface area contributed by atoms with E-state index in [1.54, 1.807) is 0 Å². The van der Waals surface area contributed by atoms with Gasteiger partial charge in [0.15, 0.2) is 0 Å². The molecule has 1 rings (SSSR count). The van der Waals surface area contributed by atoms with Crippen LogP contribution in [0.15, 0.2) is 18.7 Å². The molecule has 1 aromatic rings. The van der Waals surface area contributed by atoms with Gasteiger partial charge in [0.25, 0.3) is 0 Å². The largest absolute Gasteiger partial charge is 0.243 e. The van der Waals surface area contributed by atoms with Crippen LogP contribution < -0.4 is 4.57 Å². The maximum absolute atomic E-state index is 8.37. The predicted octanol–water partition coefficient (Wildman–Crippen LogP) is 1.10. The van der Waals surface area contributed by atoms with Gasteiger partial charge in [0, 0.05) is 0 Å². The van der Waals surface area contributed by atoms with Crippen molar-refractivity contribution in [2.24, 2.45) is 0 Å². The van der Waals surface area contributed by atoms with Crippen LogP contribution in [0.1, 0.15) is 19.8 Å². The number of aryl methyl sites for hydroxylation is 2. The Labute approximate surface area is 72.9 Å². The third kappa shape index (κ3) is 2.39. The van der Waals surface area contributed by atoms with E-state index in [0.29, 0.717) is 6.42 Å². The average Bonchev–Trinajstić information content (AvgIpc) is 2.50. The van der Waals surface area contributed by atoms with Gasteiger partial charge in [-0.05, 0) is 6.42 Å². The van der Waals surface area contributed by atoms with Gasteiger partial charge in [-0.1, -0.05) is 6.92 Å². The third-order valence-corrected chi connectivity index (χ3v) is 1.71. The molecule has 0 aromatic carbocycles. The van der Waals surface area contributed by atoms with Gasteiger partial charge in [0.2, 0.25) is 6.33 Å². The molecule has 0 aliphatic heterocycles. The zero-order valence-electron chi connectivity index (χ0n) is 7.40. The molecular weight excluding hydrogens is 150 g/mol. The molecule has 0 fully saturated rings. The van der Waals surface area contributed by atoms with Crippen molar-refractivity contribution in [3.63, 3.8) is 0 Å². The Morgan fingerprint density at radius 1 is 1.58 bits per heavy atom. The minimum Gasteiger partial charge on any atom is -0.237 e. The highest BCUT2D eigenvalue weighted by atomic mass is 15.1. The maximum Gasteiger partial charge on any atom is 0.243 e. The normalized spacial score (nSPS) is 9.67. The monoisotopic (exact) mass is 164 g/mol. The van der Waals surface area contributed by atoms with Gasteiger partial charge in [-0.2, -0.15) is 5.26 Å². The minimum absolute atomic E-state index is 0.584. The molecule has 0 aliphatic rings. The number of nitriles is 1. The fourth-order valence-electron chi connectivity index (χ4n) is 1.14. The molecule has 0 N–H and O–H groups in total. The molecule has 0 aliphatic carbocycles. The first kappa shape index (κ1) is 8.79. The van der Waals surface area contributed by atoms with Crippen molar-refractivity contribution in [3.05, 3.63) is 18.7 Å². The van der Waals surface area contributed by atoms with Crippen LogP contribution in [-0.4, -0.2) is 4.57 Å². The van der Waals surface area contributed by atoms with Crippen LogP contribution in [0.5, 0.6) is 0 Å². The van der Waals surface area contributed by atoms with E-state index in [9.17, 15) is 0 Å². The minimum atomic E-state index is 0.584. The van der Waals surface area contributed by atoms with Crippen LogP contribution in [0.3, 0.4) is 0 Å². The summed E-state index contributed by atoms with van der Waals surface area (Å²) in [5.41, 5.74) is 0. The van der Waals surface area contributed by atoms with Crippen LogP contribution in [0.25, 0.3) is 0 Å². The topological polar surface area (TPSA) is 32.6 Å². The van der Waals surface area contributed by atoms with E-state index >= 15 is 0 Å². The van der Waals surface area contributed by atoms with Gasteiger partial charge in [0.1, 0.15) is 18.9 Å². The highest BCUT2D eigenvalue weighted by Crippen LogP contribution is 1.88. The second-order valence-corrected chi connectivity index (χ2v) is 2.80. The zero-order valence-corrected chi connectivity index (χ0v) is 7.40. The summed E-state index contributed by atoms with van der Waals surface area (Å²) in [5.74, 6) is 0. The molecule has 3 nitrogen and oxygen atoms in total. The Morgan fingerprint density at radius 3 is 3.08 bits per heavy atom. The number of rotatable bonds is 4. The quantitative estimate of drug-likeness (QED) is 0.613. The summed E-state index contributed by atoms with van der Waals surface area (Å²) < 4.78 is 4.18. The highest BCUT2D eigenvalue weighted by Gasteiger charge is 2.00. The Bertz CT molecular complexity index is 270. The van der Waals surface area contributed by atoms with Crippen molar-refractivity contribution in [3.8, 4) is 6.07 Å². The van der Waals surface area contributed by atoms with Crippen molar-refractivity contribution in [1.29, 1.82) is 5.26 Å². The molecule has 0 radical (unpaired) electrons. The van der Waals surface area contributed by atoms with E-state index < -0.39 is 0 Å². The van der Waals surface area contributed by atoms with E-state index in [1.165, 1.54) is 0 Å². The fourth-order valence-corrected chi connectivity index (χ4v) is 1.14. The van der Waals surface area contributed by atoms with E-state index in [1.807, 2.05) is 23.3 Å². The molecule has 3 heteroatoms. The van der Waals surface area contributed by atoms with Crippen molar-refractivity contribution < 1.29 is 4.57 Å². The standard InChI is InChI=1S/C9H14N3/c1-2-5-11-7-8-12(9-11)6-3-4-10/h7-9H,2-3,5-6H2,1H3/q+1. The molecule has 0 saturated carbocycles. The Kier molecular flexibility index (Phi) is 3.34. The lowest BCUT2D eigenvalue weighted by Crippen LogP contribution is -2.30. The van der Waals surface area contributed by atoms with Crippen LogP contribution in [0.2, 0.25) is 0 Å². The SMILES string of the molecule is CCC[n+]1ccn(CCC#N)c1. The smallest absolute Gasteiger partial charge is 0.237 e. The van der Waals surface area contributed by atoms with Crippen molar-refractivity contribution >= 4 is 0 Å². The molecule has 0 saturated heterocycles. The Morgan fingerprint density at radius 2 is 2.42 bits per heavy atom. The van der Waals surface area contributed by atoms with Crippen LogP contribution in [-0.2, 0) is 13.1 Å². The summed E-state index contributed by atoms with van der Waals surface area (Å²) in [4.78, 5) is 0. The van der Waals surface area contributed by atoms with Crippen LogP contribution in [0.4, 0.5) is 0 Å². The van der Waals surface area contributed by atoms with Gasteiger partial charge in [-0.3, -0.25) is 0 Å². The summed E-state index contributed by atoms with van der Waals surface area (Å²) in [6.07, 6.45) is 7.82. The first-order valence-electron chi connectivity index (χ1n) is 4.28. The second kappa shape index (κ2) is 4.55. The first-order valence-corrected chi connectivity index (χ1v) is 4.28. The number of hydrogen-bond donors (Lipinski definition) is 0. The van der Waals surface area contributed by atoms with Gasteiger partial charge < -0.3 is 0 Å². The van der Waals surface area contributed by atoms with Gasteiger partial charge in [0.05, 0.1) is 19.0 Å². The predicted molar refractivity (Wildman–Crippen MR) is 45.1 cm³/mol. The molecule has 1 aromatic heterocycles. The summed E-state index contributed by atoms with van der Waals surface area (Å²) >= 11 is 0. The lowest BCUT2D eigenvalue weighted by molar-refractivity contribution is -0.696. The zero-order chi connectivity index (χ0) is 8.81. The summed E-state index contributed by atoms with van der Waals surface area (Å²) in [7, 11) is 0. The van der Waals surface area contributed by atoms with Gasteiger partial charge in [-0.15, -0.1) is 0 Å². The number of imidazole rings is 1.